The first-order valence-corrected chi connectivity index (χ1v) is 13.8. The number of sulfonamides is 1. The van der Waals surface area contributed by atoms with Crippen molar-refractivity contribution in [1.29, 1.82) is 0 Å². The van der Waals surface area contributed by atoms with Crippen LogP contribution in [0.1, 0.15) is 18.7 Å². The molecule has 34 heavy (non-hydrogen) atoms. The van der Waals surface area contributed by atoms with E-state index in [-0.39, 0.29) is 11.3 Å². The van der Waals surface area contributed by atoms with Gasteiger partial charge in [0.25, 0.3) is 0 Å². The molecule has 1 aliphatic heterocycles. The molecule has 0 unspecified atom stereocenters. The lowest BCUT2D eigenvalue weighted by Gasteiger charge is -2.36. The highest BCUT2D eigenvalue weighted by Crippen LogP contribution is 2.27. The van der Waals surface area contributed by atoms with Crippen molar-refractivity contribution in [2.24, 2.45) is 0 Å². The van der Waals surface area contributed by atoms with Crippen molar-refractivity contribution in [3.8, 4) is 11.4 Å². The van der Waals surface area contributed by atoms with E-state index in [1.54, 1.807) is 55.6 Å². The van der Waals surface area contributed by atoms with Crippen molar-refractivity contribution in [1.82, 2.24) is 14.1 Å². The third-order valence-corrected chi connectivity index (χ3v) is 9.13. The zero-order chi connectivity index (χ0) is 24.3. The summed E-state index contributed by atoms with van der Waals surface area (Å²) >= 11 is 7.76. The van der Waals surface area contributed by atoms with Crippen LogP contribution in [0.25, 0.3) is 5.69 Å². The van der Waals surface area contributed by atoms with E-state index in [4.69, 9.17) is 16.3 Å². The van der Waals surface area contributed by atoms with Gasteiger partial charge in [0.2, 0.25) is 15.8 Å². The van der Waals surface area contributed by atoms with Gasteiger partial charge in [-0.1, -0.05) is 23.7 Å². The van der Waals surface area contributed by atoms with E-state index < -0.39 is 15.3 Å². The molecule has 0 amide bonds. The summed E-state index contributed by atoms with van der Waals surface area (Å²) in [7, 11) is -3.33. The van der Waals surface area contributed by atoms with E-state index in [1.165, 1.54) is 13.9 Å². The molecular formula is C23H27ClN4O4S2. The molecule has 3 aromatic rings. The maximum atomic E-state index is 13.5. The molecule has 0 saturated carbocycles. The van der Waals surface area contributed by atoms with Crippen molar-refractivity contribution < 1.29 is 13.2 Å². The highest BCUT2D eigenvalue weighted by Gasteiger charge is 2.31. The van der Waals surface area contributed by atoms with Crippen LogP contribution in [-0.4, -0.2) is 60.5 Å². The Hall–Kier alpha value is -2.40. The number of ether oxygens (including phenoxy) is 1. The summed E-state index contributed by atoms with van der Waals surface area (Å²) in [6.07, 6.45) is 2.28. The predicted octanol–water partition coefficient (Wildman–Crippen LogP) is 3.43. The van der Waals surface area contributed by atoms with E-state index in [0.29, 0.717) is 55.6 Å². The molecule has 182 valence electrons. The molecule has 1 fully saturated rings. The van der Waals surface area contributed by atoms with Gasteiger partial charge in [0.1, 0.15) is 5.69 Å². The Morgan fingerprint density at radius 1 is 1.15 bits per heavy atom. The van der Waals surface area contributed by atoms with Crippen molar-refractivity contribution in [3.05, 3.63) is 68.2 Å². The number of piperazine rings is 1. The first-order valence-electron chi connectivity index (χ1n) is 11.0. The van der Waals surface area contributed by atoms with E-state index in [9.17, 15) is 13.2 Å². The molecule has 2 aromatic heterocycles. The van der Waals surface area contributed by atoms with Crippen LogP contribution in [0.3, 0.4) is 0 Å². The van der Waals surface area contributed by atoms with Crippen LogP contribution in [0.5, 0.6) is 5.75 Å². The minimum atomic E-state index is -3.33. The Labute approximate surface area is 208 Å². The topological polar surface area (TPSA) is 84.7 Å². The summed E-state index contributed by atoms with van der Waals surface area (Å²) in [6.45, 7) is 5.26. The third-order valence-electron chi connectivity index (χ3n) is 5.68. The first-order chi connectivity index (χ1) is 16.3. The summed E-state index contributed by atoms with van der Waals surface area (Å²) in [5, 5.41) is 6.40. The highest BCUT2D eigenvalue weighted by molar-refractivity contribution is 7.89. The first kappa shape index (κ1) is 24.7. The molecule has 3 heterocycles. The predicted molar refractivity (Wildman–Crippen MR) is 136 cm³/mol. The number of thiophene rings is 1. The van der Waals surface area contributed by atoms with Gasteiger partial charge in [0.15, 0.2) is 0 Å². The fraction of sp³-hybridized carbons (Fsp3) is 0.391. The Bertz CT molecular complexity index is 1280. The van der Waals surface area contributed by atoms with Gasteiger partial charge in [0, 0.05) is 42.5 Å². The second-order valence-electron chi connectivity index (χ2n) is 8.21. The van der Waals surface area contributed by atoms with E-state index in [0.717, 1.165) is 0 Å². The van der Waals surface area contributed by atoms with Gasteiger partial charge in [-0.05, 0) is 43.5 Å². The van der Waals surface area contributed by atoms with Crippen molar-refractivity contribution in [2.45, 2.75) is 25.5 Å². The maximum Gasteiger partial charge on any atom is 0.316 e. The molecule has 4 rings (SSSR count). The van der Waals surface area contributed by atoms with Gasteiger partial charge < -0.3 is 9.64 Å². The second-order valence-corrected chi connectivity index (χ2v) is 12.2. The number of hydrogen-bond acceptors (Lipinski definition) is 7. The lowest BCUT2D eigenvalue weighted by molar-refractivity contribution is 0.313. The smallest absolute Gasteiger partial charge is 0.316 e. The second kappa shape index (κ2) is 10.5. The Morgan fingerprint density at radius 3 is 2.56 bits per heavy atom. The molecule has 0 spiro atoms. The summed E-state index contributed by atoms with van der Waals surface area (Å²) in [5.74, 6) is 0.201. The van der Waals surface area contributed by atoms with Crippen LogP contribution >= 0.6 is 22.9 Å². The number of rotatable bonds is 8. The third kappa shape index (κ3) is 5.30. The fourth-order valence-corrected chi connectivity index (χ4v) is 5.92. The average molecular weight is 523 g/mol. The zero-order valence-corrected chi connectivity index (χ0v) is 21.4. The number of halogens is 1. The minimum absolute atomic E-state index is 0.201. The molecule has 0 bridgehead atoms. The maximum absolute atomic E-state index is 13.5. The largest absolute Gasteiger partial charge is 0.486 e. The SMILES string of the molecule is CC(C)S(=O)(=O)N1CCN(c2cnn(-c3cccc(Cl)c3)c(=O)c2OCCc2cccs2)CC1. The fourth-order valence-electron chi connectivity index (χ4n) is 3.77. The minimum Gasteiger partial charge on any atom is -0.486 e. The highest BCUT2D eigenvalue weighted by atomic mass is 35.5. The van der Waals surface area contributed by atoms with Gasteiger partial charge in [-0.3, -0.25) is 4.79 Å². The van der Waals surface area contributed by atoms with Crippen LogP contribution < -0.4 is 15.2 Å². The van der Waals surface area contributed by atoms with Crippen molar-refractivity contribution in [2.75, 3.05) is 37.7 Å². The zero-order valence-electron chi connectivity index (χ0n) is 19.1. The van der Waals surface area contributed by atoms with Gasteiger partial charge in [-0.25, -0.2) is 8.42 Å². The number of benzene rings is 1. The molecule has 0 radical (unpaired) electrons. The molecule has 1 aliphatic rings. The van der Waals surface area contributed by atoms with Crippen molar-refractivity contribution >= 4 is 38.6 Å². The average Bonchev–Trinajstić information content (AvgIpc) is 3.33. The molecular weight excluding hydrogens is 496 g/mol. The van der Waals surface area contributed by atoms with Crippen LogP contribution in [0, 0.1) is 0 Å². The van der Waals surface area contributed by atoms with E-state index >= 15 is 0 Å². The van der Waals surface area contributed by atoms with Crippen LogP contribution in [-0.2, 0) is 16.4 Å². The van der Waals surface area contributed by atoms with Crippen LogP contribution in [0.2, 0.25) is 5.02 Å². The molecule has 0 aliphatic carbocycles. The van der Waals surface area contributed by atoms with Gasteiger partial charge in [-0.2, -0.15) is 14.1 Å². The Morgan fingerprint density at radius 2 is 1.91 bits per heavy atom. The molecule has 1 saturated heterocycles. The lowest BCUT2D eigenvalue weighted by atomic mass is 10.3. The molecule has 0 atom stereocenters. The molecule has 11 heteroatoms. The number of anilines is 1. The Kier molecular flexibility index (Phi) is 7.61. The van der Waals surface area contributed by atoms with Crippen LogP contribution in [0.4, 0.5) is 5.69 Å². The van der Waals surface area contributed by atoms with Gasteiger partial charge >= 0.3 is 5.56 Å². The van der Waals surface area contributed by atoms with Gasteiger partial charge in [-0.15, -0.1) is 11.3 Å². The number of nitrogens with zero attached hydrogens (tertiary/aromatic N) is 4. The summed E-state index contributed by atoms with van der Waals surface area (Å²) in [5.41, 5.74) is 0.722. The standard InChI is InChI=1S/C23H27ClN4O4S2/c1-17(2)34(30,31)27-11-9-26(10-12-27)21-16-25-28(19-6-3-5-18(24)15-19)23(29)22(21)32-13-8-20-7-4-14-33-20/h3-7,14-17H,8-13H2,1-2H3. The summed E-state index contributed by atoms with van der Waals surface area (Å²) in [6, 6.07) is 10.9. The van der Waals surface area contributed by atoms with Crippen LogP contribution in [0.15, 0.2) is 52.8 Å². The van der Waals surface area contributed by atoms with E-state index in [1.807, 2.05) is 22.4 Å². The Balaban J connectivity index is 1.62. The normalized spacial score (nSPS) is 15.1. The van der Waals surface area contributed by atoms with Crippen molar-refractivity contribution in [3.63, 3.8) is 0 Å². The summed E-state index contributed by atoms with van der Waals surface area (Å²) in [4.78, 5) is 16.6. The molecule has 8 nitrogen and oxygen atoms in total. The van der Waals surface area contributed by atoms with E-state index in [2.05, 4.69) is 5.10 Å². The number of aromatic nitrogens is 2. The quantitative estimate of drug-likeness (QED) is 0.450. The van der Waals surface area contributed by atoms with Gasteiger partial charge in [0.05, 0.1) is 23.7 Å². The molecule has 0 N–H and O–H groups in total. The number of hydrogen-bond donors (Lipinski definition) is 0. The molecule has 1 aromatic carbocycles. The monoisotopic (exact) mass is 522 g/mol. The summed E-state index contributed by atoms with van der Waals surface area (Å²) < 4.78 is 33.9. The lowest BCUT2D eigenvalue weighted by Crippen LogP contribution is -2.50.